The highest BCUT2D eigenvalue weighted by Crippen LogP contribution is 2.22. The summed E-state index contributed by atoms with van der Waals surface area (Å²) < 4.78 is 58.9. The Hall–Kier alpha value is -1.25. The van der Waals surface area contributed by atoms with Crippen molar-refractivity contribution in [2.45, 2.75) is 24.1 Å². The Morgan fingerprint density at radius 1 is 1.00 bits per heavy atom. The van der Waals surface area contributed by atoms with Gasteiger partial charge in [-0.1, -0.05) is 36.4 Å². The standard InChI is InChI=1S/C15H17S.CHF3O3S/c1-2-6-15-11-13(7-8-14(15)5-1)12-16-9-3-4-10-16;2-1(3,4)8(5,6)7/h1-2,5-8,11H,3-4,9-10,12H2;(H,5,6,7)/q+1;/p-1. The first-order chi connectivity index (χ1) is 11.2. The zero-order chi connectivity index (χ0) is 17.8. The summed E-state index contributed by atoms with van der Waals surface area (Å²) in [5.74, 6) is 4.24. The summed E-state index contributed by atoms with van der Waals surface area (Å²) in [7, 11) is -5.41. The second-order valence-corrected chi connectivity index (χ2v) is 9.15. The van der Waals surface area contributed by atoms with Crippen LogP contribution in [-0.4, -0.2) is 30.0 Å². The van der Waals surface area contributed by atoms with E-state index in [9.17, 15) is 13.2 Å². The van der Waals surface area contributed by atoms with Crippen LogP contribution in [0.5, 0.6) is 0 Å². The Balaban J connectivity index is 0.000000224. The van der Waals surface area contributed by atoms with Crippen molar-refractivity contribution in [3.8, 4) is 0 Å². The van der Waals surface area contributed by atoms with Gasteiger partial charge in [0.25, 0.3) is 0 Å². The maximum Gasteiger partial charge on any atom is 0.485 e. The first-order valence-electron chi connectivity index (χ1n) is 7.31. The molecule has 1 aliphatic heterocycles. The van der Waals surface area contributed by atoms with Crippen LogP contribution in [0.1, 0.15) is 18.4 Å². The maximum atomic E-state index is 10.7. The van der Waals surface area contributed by atoms with Crippen molar-refractivity contribution in [2.24, 2.45) is 0 Å². The molecule has 3 nitrogen and oxygen atoms in total. The van der Waals surface area contributed by atoms with Gasteiger partial charge in [-0.2, -0.15) is 13.2 Å². The third kappa shape index (κ3) is 5.39. The predicted molar refractivity (Wildman–Crippen MR) is 89.7 cm³/mol. The fraction of sp³-hybridized carbons (Fsp3) is 0.375. The van der Waals surface area contributed by atoms with Gasteiger partial charge in [0.15, 0.2) is 10.1 Å². The van der Waals surface area contributed by atoms with Crippen LogP contribution in [-0.2, 0) is 26.8 Å². The second kappa shape index (κ2) is 7.76. The highest BCUT2D eigenvalue weighted by Gasteiger charge is 2.36. The average molecular weight is 378 g/mol. The number of benzene rings is 2. The van der Waals surface area contributed by atoms with Crippen molar-refractivity contribution >= 4 is 31.8 Å². The number of fused-ring (bicyclic) bond motifs is 1. The van der Waals surface area contributed by atoms with Crippen molar-refractivity contribution in [3.05, 3.63) is 48.0 Å². The summed E-state index contributed by atoms with van der Waals surface area (Å²) in [5, 5.41) is 2.75. The molecule has 0 aromatic heterocycles. The highest BCUT2D eigenvalue weighted by atomic mass is 32.2. The Bertz CT molecular complexity index is 782. The number of halogens is 3. The molecule has 24 heavy (non-hydrogen) atoms. The number of alkyl halides is 3. The van der Waals surface area contributed by atoms with Crippen LogP contribution in [0.15, 0.2) is 42.5 Å². The molecular weight excluding hydrogens is 361 g/mol. The van der Waals surface area contributed by atoms with Crippen LogP contribution in [0.4, 0.5) is 13.2 Å². The summed E-state index contributed by atoms with van der Waals surface area (Å²) in [6.45, 7) is 0. The molecule has 0 bridgehead atoms. The molecule has 0 amide bonds. The number of rotatable bonds is 2. The lowest BCUT2D eigenvalue weighted by atomic mass is 10.1. The van der Waals surface area contributed by atoms with Gasteiger partial charge in [-0.15, -0.1) is 0 Å². The largest absolute Gasteiger partial charge is 0.741 e. The minimum absolute atomic E-state index is 0.679. The minimum Gasteiger partial charge on any atom is -0.741 e. The Morgan fingerprint density at radius 2 is 1.54 bits per heavy atom. The van der Waals surface area contributed by atoms with Gasteiger partial charge in [0, 0.05) is 5.56 Å². The van der Waals surface area contributed by atoms with E-state index in [1.54, 1.807) is 0 Å². The van der Waals surface area contributed by atoms with Gasteiger partial charge < -0.3 is 4.55 Å². The molecule has 0 spiro atoms. The van der Waals surface area contributed by atoms with Crippen LogP contribution in [0.2, 0.25) is 0 Å². The summed E-state index contributed by atoms with van der Waals surface area (Å²) in [5.41, 5.74) is -4.11. The fourth-order valence-electron chi connectivity index (χ4n) is 2.42. The topological polar surface area (TPSA) is 57.2 Å². The summed E-state index contributed by atoms with van der Waals surface area (Å²) >= 11 is 0. The molecule has 0 radical (unpaired) electrons. The molecule has 8 heteroatoms. The molecular formula is C16H17F3O3S2. The Labute approximate surface area is 142 Å². The van der Waals surface area contributed by atoms with Gasteiger partial charge >= 0.3 is 5.51 Å². The van der Waals surface area contributed by atoms with Gasteiger partial charge in [0.05, 0.1) is 0 Å². The van der Waals surface area contributed by atoms with Crippen LogP contribution in [0.25, 0.3) is 10.8 Å². The first-order valence-corrected chi connectivity index (χ1v) is 10.4. The predicted octanol–water partition coefficient (Wildman–Crippen LogP) is 3.80. The van der Waals surface area contributed by atoms with E-state index >= 15 is 0 Å². The zero-order valence-electron chi connectivity index (χ0n) is 12.8. The highest BCUT2D eigenvalue weighted by molar-refractivity contribution is 7.96. The van der Waals surface area contributed by atoms with Crippen LogP contribution >= 0.6 is 0 Å². The molecule has 3 rings (SSSR count). The summed E-state index contributed by atoms with van der Waals surface area (Å²) in [6.07, 6.45) is 2.91. The van der Waals surface area contributed by atoms with Gasteiger partial charge in [0.2, 0.25) is 0 Å². The molecule has 0 aliphatic carbocycles. The fourth-order valence-corrected chi connectivity index (χ4v) is 4.79. The normalized spacial score (nSPS) is 16.0. The molecule has 0 unspecified atom stereocenters. The number of hydrogen-bond acceptors (Lipinski definition) is 3. The van der Waals surface area contributed by atoms with Crippen molar-refractivity contribution in [3.63, 3.8) is 0 Å². The maximum absolute atomic E-state index is 10.7. The van der Waals surface area contributed by atoms with E-state index in [1.165, 1.54) is 46.4 Å². The molecule has 0 N–H and O–H groups in total. The molecule has 2 aromatic carbocycles. The summed E-state index contributed by atoms with van der Waals surface area (Å²) in [4.78, 5) is 0. The van der Waals surface area contributed by atoms with Crippen molar-refractivity contribution < 1.29 is 26.1 Å². The van der Waals surface area contributed by atoms with Crippen LogP contribution in [0, 0.1) is 0 Å². The van der Waals surface area contributed by atoms with Crippen molar-refractivity contribution in [1.82, 2.24) is 0 Å². The van der Waals surface area contributed by atoms with Crippen LogP contribution in [0.3, 0.4) is 0 Å². The Morgan fingerprint density at radius 3 is 2.08 bits per heavy atom. The molecule has 0 atom stereocenters. The van der Waals surface area contributed by atoms with Gasteiger partial charge in [0.1, 0.15) is 17.3 Å². The van der Waals surface area contributed by atoms with Crippen molar-refractivity contribution in [1.29, 1.82) is 0 Å². The van der Waals surface area contributed by atoms with E-state index in [0.29, 0.717) is 10.9 Å². The third-order valence-electron chi connectivity index (χ3n) is 3.58. The summed E-state index contributed by atoms with van der Waals surface area (Å²) in [6, 6.07) is 15.6. The lowest BCUT2D eigenvalue weighted by Gasteiger charge is -2.08. The quantitative estimate of drug-likeness (QED) is 0.454. The number of hydrogen-bond donors (Lipinski definition) is 0. The molecule has 1 heterocycles. The lowest BCUT2D eigenvalue weighted by Crippen LogP contribution is -2.21. The molecule has 1 aliphatic rings. The molecule has 2 aromatic rings. The van der Waals surface area contributed by atoms with E-state index in [2.05, 4.69) is 42.5 Å². The first kappa shape index (κ1) is 19.1. The Kier molecular flexibility index (Phi) is 6.17. The molecule has 132 valence electrons. The van der Waals surface area contributed by atoms with E-state index in [4.69, 9.17) is 13.0 Å². The SMILES string of the molecule is O=S(=O)([O-])C(F)(F)F.c1ccc2cc(C[S+]3CCCC3)ccc2c1. The van der Waals surface area contributed by atoms with Gasteiger partial charge in [-0.3, -0.25) is 0 Å². The van der Waals surface area contributed by atoms with Gasteiger partial charge in [-0.05, 0) is 40.6 Å². The molecule has 0 saturated carbocycles. The van der Waals surface area contributed by atoms with E-state index < -0.39 is 15.6 Å². The second-order valence-electron chi connectivity index (χ2n) is 5.45. The minimum atomic E-state index is -6.09. The van der Waals surface area contributed by atoms with Crippen molar-refractivity contribution in [2.75, 3.05) is 11.5 Å². The van der Waals surface area contributed by atoms with E-state index in [1.807, 2.05) is 0 Å². The van der Waals surface area contributed by atoms with E-state index in [0.717, 1.165) is 0 Å². The molecule has 1 fully saturated rings. The average Bonchev–Trinajstić information content (AvgIpc) is 2.99. The third-order valence-corrected chi connectivity index (χ3v) is 6.62. The van der Waals surface area contributed by atoms with Gasteiger partial charge in [-0.25, -0.2) is 8.42 Å². The van der Waals surface area contributed by atoms with E-state index in [-0.39, 0.29) is 0 Å². The van der Waals surface area contributed by atoms with Crippen LogP contribution < -0.4 is 0 Å². The smallest absolute Gasteiger partial charge is 0.485 e. The zero-order valence-corrected chi connectivity index (χ0v) is 14.4. The molecule has 1 saturated heterocycles. The lowest BCUT2D eigenvalue weighted by molar-refractivity contribution is -0.0517. The monoisotopic (exact) mass is 378 g/mol.